The van der Waals surface area contributed by atoms with Crippen LogP contribution in [0.5, 0.6) is 0 Å². The Balaban J connectivity index is 3.22. The monoisotopic (exact) mass is 208 g/mol. The lowest BCUT2D eigenvalue weighted by molar-refractivity contribution is 0.0225. The second-order valence-electron chi connectivity index (χ2n) is 4.02. The van der Waals surface area contributed by atoms with Crippen LogP contribution in [0.4, 0.5) is 5.82 Å². The van der Waals surface area contributed by atoms with Crippen LogP contribution in [0.3, 0.4) is 0 Å². The lowest BCUT2D eigenvalue weighted by Gasteiger charge is -2.29. The molecule has 0 spiro atoms. The first kappa shape index (κ1) is 12.0. The maximum Gasteiger partial charge on any atom is 0.129 e. The summed E-state index contributed by atoms with van der Waals surface area (Å²) in [7, 11) is 0. The third-order valence-electron chi connectivity index (χ3n) is 2.90. The summed E-state index contributed by atoms with van der Waals surface area (Å²) >= 11 is 0. The van der Waals surface area contributed by atoms with E-state index in [2.05, 4.69) is 11.9 Å². The molecule has 0 bridgehead atoms. The number of nitrogen functional groups attached to an aromatic ring is 1. The summed E-state index contributed by atoms with van der Waals surface area (Å²) in [4.78, 5) is 4.05. The molecule has 0 radical (unpaired) electrons. The molecule has 1 aromatic heterocycles. The van der Waals surface area contributed by atoms with E-state index in [4.69, 9.17) is 5.73 Å². The molecule has 3 heteroatoms. The van der Waals surface area contributed by atoms with Gasteiger partial charge in [0, 0.05) is 11.8 Å². The van der Waals surface area contributed by atoms with Crippen molar-refractivity contribution in [3.05, 3.63) is 23.4 Å². The van der Waals surface area contributed by atoms with Crippen LogP contribution in [-0.4, -0.2) is 10.1 Å². The van der Waals surface area contributed by atoms with Crippen molar-refractivity contribution in [1.82, 2.24) is 4.98 Å². The van der Waals surface area contributed by atoms with Crippen molar-refractivity contribution in [2.75, 3.05) is 5.73 Å². The lowest BCUT2D eigenvalue weighted by atomic mass is 9.85. The van der Waals surface area contributed by atoms with Gasteiger partial charge in [0.25, 0.3) is 0 Å². The molecule has 1 heterocycles. The fourth-order valence-electron chi connectivity index (χ4n) is 2.08. The molecule has 1 rings (SSSR count). The first-order chi connectivity index (χ1) is 7.05. The van der Waals surface area contributed by atoms with Crippen LogP contribution in [0.2, 0.25) is 0 Å². The van der Waals surface area contributed by atoms with Gasteiger partial charge in [-0.1, -0.05) is 20.3 Å². The van der Waals surface area contributed by atoms with Crippen molar-refractivity contribution in [3.63, 3.8) is 0 Å². The molecule has 0 saturated carbocycles. The summed E-state index contributed by atoms with van der Waals surface area (Å²) in [6.45, 7) is 5.99. The number of rotatable bonds is 4. The molecule has 1 unspecified atom stereocenters. The number of hydrogen-bond acceptors (Lipinski definition) is 3. The Morgan fingerprint density at radius 2 is 2.13 bits per heavy atom. The zero-order chi connectivity index (χ0) is 11.5. The van der Waals surface area contributed by atoms with Crippen LogP contribution < -0.4 is 5.73 Å². The molecular weight excluding hydrogens is 188 g/mol. The molecule has 0 amide bonds. The van der Waals surface area contributed by atoms with Gasteiger partial charge in [-0.3, -0.25) is 0 Å². The van der Waals surface area contributed by atoms with E-state index in [0.717, 1.165) is 24.0 Å². The second kappa shape index (κ2) is 4.62. The normalized spacial score (nSPS) is 14.9. The van der Waals surface area contributed by atoms with Crippen LogP contribution in [0.1, 0.15) is 44.2 Å². The van der Waals surface area contributed by atoms with Crippen molar-refractivity contribution in [2.45, 2.75) is 45.6 Å². The van der Waals surface area contributed by atoms with Crippen molar-refractivity contribution in [2.24, 2.45) is 0 Å². The van der Waals surface area contributed by atoms with Crippen LogP contribution >= 0.6 is 0 Å². The van der Waals surface area contributed by atoms with Gasteiger partial charge < -0.3 is 10.8 Å². The molecule has 84 valence electrons. The number of anilines is 1. The Morgan fingerprint density at radius 3 is 2.60 bits per heavy atom. The molecule has 1 aromatic rings. The van der Waals surface area contributed by atoms with Gasteiger partial charge in [-0.25, -0.2) is 4.98 Å². The Kier molecular flexibility index (Phi) is 3.69. The van der Waals surface area contributed by atoms with E-state index < -0.39 is 5.60 Å². The first-order valence-corrected chi connectivity index (χ1v) is 5.49. The van der Waals surface area contributed by atoms with Gasteiger partial charge in [-0.2, -0.15) is 0 Å². The van der Waals surface area contributed by atoms with Crippen LogP contribution in [0.15, 0.2) is 12.3 Å². The maximum atomic E-state index is 10.5. The highest BCUT2D eigenvalue weighted by atomic mass is 16.3. The van der Waals surface area contributed by atoms with Gasteiger partial charge in [-0.15, -0.1) is 0 Å². The fourth-order valence-corrected chi connectivity index (χ4v) is 2.08. The summed E-state index contributed by atoms with van der Waals surface area (Å²) in [6, 6.07) is 1.89. The van der Waals surface area contributed by atoms with Gasteiger partial charge >= 0.3 is 0 Å². The molecular formula is C12H20N2O. The average Bonchev–Trinajstić information content (AvgIpc) is 2.18. The van der Waals surface area contributed by atoms with Crippen molar-refractivity contribution in [3.8, 4) is 0 Å². The minimum atomic E-state index is -0.822. The van der Waals surface area contributed by atoms with Crippen molar-refractivity contribution >= 4 is 5.82 Å². The van der Waals surface area contributed by atoms with E-state index in [-0.39, 0.29) is 0 Å². The Bertz CT molecular complexity index is 318. The first-order valence-electron chi connectivity index (χ1n) is 5.49. The molecule has 15 heavy (non-hydrogen) atoms. The highest BCUT2D eigenvalue weighted by Crippen LogP contribution is 2.34. The van der Waals surface area contributed by atoms with Crippen LogP contribution in [0.25, 0.3) is 0 Å². The predicted octanol–water partition coefficient (Wildman–Crippen LogP) is 2.37. The third-order valence-corrected chi connectivity index (χ3v) is 2.90. The Hall–Kier alpha value is -1.09. The molecule has 0 saturated heterocycles. The van der Waals surface area contributed by atoms with Gasteiger partial charge in [0.1, 0.15) is 5.82 Å². The Labute approximate surface area is 91.3 Å². The van der Waals surface area contributed by atoms with E-state index in [1.54, 1.807) is 6.20 Å². The fraction of sp³-hybridized carbons (Fsp3) is 0.583. The van der Waals surface area contributed by atoms with Crippen molar-refractivity contribution < 1.29 is 5.11 Å². The zero-order valence-corrected chi connectivity index (χ0v) is 9.75. The topological polar surface area (TPSA) is 59.1 Å². The number of aryl methyl sites for hydroxylation is 1. The second-order valence-corrected chi connectivity index (χ2v) is 4.02. The minimum absolute atomic E-state index is 0.452. The molecule has 0 aliphatic rings. The van der Waals surface area contributed by atoms with Crippen LogP contribution in [-0.2, 0) is 5.60 Å². The number of aromatic nitrogens is 1. The highest BCUT2D eigenvalue weighted by Gasteiger charge is 2.30. The number of aliphatic hydroxyl groups is 1. The predicted molar refractivity (Wildman–Crippen MR) is 62.5 cm³/mol. The van der Waals surface area contributed by atoms with E-state index in [9.17, 15) is 5.11 Å². The molecule has 0 fully saturated rings. The van der Waals surface area contributed by atoms with Gasteiger partial charge in [0.05, 0.1) is 5.60 Å². The molecule has 3 nitrogen and oxygen atoms in total. The molecule has 0 aliphatic heterocycles. The SMILES string of the molecule is CCCC(O)(CC)c1c(C)ccnc1N. The van der Waals surface area contributed by atoms with E-state index in [1.807, 2.05) is 19.9 Å². The number of nitrogens with two attached hydrogens (primary N) is 1. The average molecular weight is 208 g/mol. The summed E-state index contributed by atoms with van der Waals surface area (Å²) in [5, 5.41) is 10.5. The summed E-state index contributed by atoms with van der Waals surface area (Å²) in [5.74, 6) is 0.452. The van der Waals surface area contributed by atoms with Crippen LogP contribution in [0, 0.1) is 6.92 Å². The quantitative estimate of drug-likeness (QED) is 0.798. The smallest absolute Gasteiger partial charge is 0.129 e. The summed E-state index contributed by atoms with van der Waals surface area (Å²) in [5.41, 5.74) is 6.83. The number of nitrogens with zero attached hydrogens (tertiary/aromatic N) is 1. The summed E-state index contributed by atoms with van der Waals surface area (Å²) < 4.78 is 0. The van der Waals surface area contributed by atoms with E-state index >= 15 is 0 Å². The third kappa shape index (κ3) is 2.29. The number of hydrogen-bond donors (Lipinski definition) is 2. The maximum absolute atomic E-state index is 10.5. The molecule has 0 aliphatic carbocycles. The van der Waals surface area contributed by atoms with Gasteiger partial charge in [0.15, 0.2) is 0 Å². The molecule has 0 aromatic carbocycles. The summed E-state index contributed by atoms with van der Waals surface area (Å²) in [6.07, 6.45) is 3.99. The lowest BCUT2D eigenvalue weighted by Crippen LogP contribution is -2.27. The van der Waals surface area contributed by atoms with Crippen molar-refractivity contribution in [1.29, 1.82) is 0 Å². The van der Waals surface area contributed by atoms with E-state index in [0.29, 0.717) is 12.2 Å². The molecule has 1 atom stereocenters. The van der Waals surface area contributed by atoms with E-state index in [1.165, 1.54) is 0 Å². The standard InChI is InChI=1S/C12H20N2O/c1-4-7-12(15,5-2)10-9(3)6-8-14-11(10)13/h6,8,15H,4-5,7H2,1-3H3,(H2,13,14). The highest BCUT2D eigenvalue weighted by molar-refractivity contribution is 5.47. The minimum Gasteiger partial charge on any atom is -0.385 e. The van der Waals surface area contributed by atoms with Gasteiger partial charge in [-0.05, 0) is 31.4 Å². The Morgan fingerprint density at radius 1 is 1.47 bits per heavy atom. The number of pyridine rings is 1. The van der Waals surface area contributed by atoms with Gasteiger partial charge in [0.2, 0.25) is 0 Å². The zero-order valence-electron chi connectivity index (χ0n) is 9.75. The molecule has 3 N–H and O–H groups in total. The largest absolute Gasteiger partial charge is 0.385 e.